The molecule has 1 atom stereocenters. The summed E-state index contributed by atoms with van der Waals surface area (Å²) in [5, 5.41) is 0. The summed E-state index contributed by atoms with van der Waals surface area (Å²) in [6.07, 6.45) is 13.4. The molecule has 0 saturated heterocycles. The Hall–Kier alpha value is -0.490. The zero-order valence-electron chi connectivity index (χ0n) is 14.0. The first-order valence-corrected chi connectivity index (χ1v) is 11.1. The SMILES string of the molecule is O=S(O)(=S)OCCCCCCCCCCCCc1ccccc1. The summed E-state index contributed by atoms with van der Waals surface area (Å²) in [6.45, 7) is 0.292. The van der Waals surface area contributed by atoms with E-state index in [-0.39, 0.29) is 0 Å². The van der Waals surface area contributed by atoms with E-state index in [4.69, 9.17) is 4.55 Å². The van der Waals surface area contributed by atoms with Crippen LogP contribution in [-0.4, -0.2) is 15.4 Å². The highest BCUT2D eigenvalue weighted by Crippen LogP contribution is 2.12. The van der Waals surface area contributed by atoms with Crippen molar-refractivity contribution in [2.75, 3.05) is 6.61 Å². The highest BCUT2D eigenvalue weighted by molar-refractivity contribution is 8.27. The van der Waals surface area contributed by atoms with Crippen molar-refractivity contribution in [3.05, 3.63) is 35.9 Å². The van der Waals surface area contributed by atoms with Crippen molar-refractivity contribution in [2.24, 2.45) is 0 Å². The van der Waals surface area contributed by atoms with Gasteiger partial charge >= 0.3 is 0 Å². The van der Waals surface area contributed by atoms with Gasteiger partial charge in [0.1, 0.15) is 0 Å². The van der Waals surface area contributed by atoms with Crippen LogP contribution in [0.2, 0.25) is 0 Å². The fraction of sp³-hybridized carbons (Fsp3) is 0.667. The molecular weight excluding hydrogens is 328 g/mol. The first kappa shape index (κ1) is 20.6. The van der Waals surface area contributed by atoms with Crippen LogP contribution in [0, 0.1) is 0 Å². The zero-order chi connectivity index (χ0) is 16.8. The van der Waals surface area contributed by atoms with Gasteiger partial charge in [-0.05, 0) is 24.8 Å². The molecule has 0 fully saturated rings. The summed E-state index contributed by atoms with van der Waals surface area (Å²) in [5.41, 5.74) is 1.45. The molecule has 5 heteroatoms. The van der Waals surface area contributed by atoms with Gasteiger partial charge < -0.3 is 0 Å². The normalized spacial score (nSPS) is 13.8. The molecule has 1 unspecified atom stereocenters. The van der Waals surface area contributed by atoms with E-state index in [2.05, 4.69) is 45.7 Å². The second-order valence-electron chi connectivity index (χ2n) is 6.02. The fourth-order valence-corrected chi connectivity index (χ4v) is 3.19. The molecule has 1 rings (SSSR count). The maximum absolute atomic E-state index is 10.7. The van der Waals surface area contributed by atoms with E-state index >= 15 is 0 Å². The Morgan fingerprint density at radius 1 is 0.826 bits per heavy atom. The maximum atomic E-state index is 10.7. The maximum Gasteiger partial charge on any atom is 0.266 e. The average Bonchev–Trinajstić information content (AvgIpc) is 2.52. The van der Waals surface area contributed by atoms with E-state index in [0.29, 0.717) is 6.61 Å². The van der Waals surface area contributed by atoms with Crippen molar-refractivity contribution in [1.82, 2.24) is 0 Å². The molecule has 0 radical (unpaired) electrons. The molecule has 0 spiro atoms. The third kappa shape index (κ3) is 13.6. The Morgan fingerprint density at radius 3 is 1.83 bits per heavy atom. The van der Waals surface area contributed by atoms with Gasteiger partial charge in [-0.15, -0.1) is 0 Å². The van der Waals surface area contributed by atoms with Crippen LogP contribution in [0.5, 0.6) is 0 Å². The highest BCUT2D eigenvalue weighted by Gasteiger charge is 1.99. The molecular formula is C18H30O3S2. The molecule has 0 heterocycles. The number of unbranched alkanes of at least 4 members (excludes halogenated alkanes) is 9. The quantitative estimate of drug-likeness (QED) is 0.460. The van der Waals surface area contributed by atoms with Gasteiger partial charge in [0.05, 0.1) is 6.61 Å². The van der Waals surface area contributed by atoms with Crippen molar-refractivity contribution < 1.29 is 12.9 Å². The minimum absolute atomic E-state index is 0.292. The Bertz CT molecular complexity index is 486. The van der Waals surface area contributed by atoms with Crippen LogP contribution in [0.3, 0.4) is 0 Å². The van der Waals surface area contributed by atoms with E-state index < -0.39 is 9.05 Å². The molecule has 0 aromatic heterocycles. The molecule has 132 valence electrons. The van der Waals surface area contributed by atoms with Crippen LogP contribution < -0.4 is 0 Å². The lowest BCUT2D eigenvalue weighted by Crippen LogP contribution is -2.03. The lowest BCUT2D eigenvalue weighted by molar-refractivity contribution is 0.294. The number of hydrogen-bond acceptors (Lipinski definition) is 3. The molecule has 0 saturated carbocycles. The van der Waals surface area contributed by atoms with E-state index in [1.54, 1.807) is 0 Å². The van der Waals surface area contributed by atoms with Crippen LogP contribution in [0.15, 0.2) is 30.3 Å². The zero-order valence-corrected chi connectivity index (χ0v) is 15.6. The van der Waals surface area contributed by atoms with Gasteiger partial charge in [-0.25, -0.2) is 0 Å². The van der Waals surface area contributed by atoms with Gasteiger partial charge in [0, 0.05) is 11.2 Å². The molecule has 1 aromatic rings. The summed E-state index contributed by atoms with van der Waals surface area (Å²) in [7, 11) is -3.42. The van der Waals surface area contributed by atoms with Gasteiger partial charge in [0.2, 0.25) is 0 Å². The topological polar surface area (TPSA) is 46.5 Å². The molecule has 0 aliphatic heterocycles. The summed E-state index contributed by atoms with van der Waals surface area (Å²) in [5.74, 6) is 0. The molecule has 0 amide bonds. The van der Waals surface area contributed by atoms with Crippen LogP contribution in [0.4, 0.5) is 0 Å². The first-order chi connectivity index (χ1) is 11.1. The van der Waals surface area contributed by atoms with Crippen molar-refractivity contribution >= 4 is 20.2 Å². The summed E-state index contributed by atoms with van der Waals surface area (Å²) >= 11 is 4.25. The predicted octanol–water partition coefficient (Wildman–Crippen LogP) is 5.28. The third-order valence-corrected chi connectivity index (χ3v) is 4.69. The standard InChI is InChI=1S/C18H30O3S2/c19-23(20,22)21-17-13-8-6-4-2-1-3-5-7-10-14-18-15-11-9-12-16-18/h9,11-12,15-16H,1-8,10,13-14,17H2,(H,19,20,22). The van der Waals surface area contributed by atoms with Gasteiger partial charge in [0.25, 0.3) is 9.05 Å². The van der Waals surface area contributed by atoms with Crippen molar-refractivity contribution in [3.8, 4) is 0 Å². The van der Waals surface area contributed by atoms with Crippen molar-refractivity contribution in [2.45, 2.75) is 70.6 Å². The molecule has 1 aromatic carbocycles. The second-order valence-corrected chi connectivity index (χ2v) is 8.38. The molecule has 0 aliphatic rings. The lowest BCUT2D eigenvalue weighted by atomic mass is 10.0. The minimum atomic E-state index is -3.42. The number of aryl methyl sites for hydroxylation is 1. The largest absolute Gasteiger partial charge is 0.285 e. The highest BCUT2D eigenvalue weighted by atomic mass is 32.9. The lowest BCUT2D eigenvalue weighted by Gasteiger charge is -2.04. The van der Waals surface area contributed by atoms with E-state index in [1.165, 1.54) is 63.4 Å². The van der Waals surface area contributed by atoms with Gasteiger partial charge in [-0.1, -0.05) is 81.7 Å². The Kier molecular flexibility index (Phi) is 11.5. The Morgan fingerprint density at radius 2 is 1.30 bits per heavy atom. The van der Waals surface area contributed by atoms with Crippen LogP contribution in [0.25, 0.3) is 0 Å². The summed E-state index contributed by atoms with van der Waals surface area (Å²) in [6, 6.07) is 10.7. The molecule has 23 heavy (non-hydrogen) atoms. The predicted molar refractivity (Wildman–Crippen MR) is 100 cm³/mol. The monoisotopic (exact) mass is 358 g/mol. The molecule has 0 aliphatic carbocycles. The summed E-state index contributed by atoms with van der Waals surface area (Å²) < 4.78 is 24.1. The van der Waals surface area contributed by atoms with Crippen LogP contribution in [0.1, 0.15) is 69.8 Å². The third-order valence-electron chi connectivity index (χ3n) is 3.93. The van der Waals surface area contributed by atoms with Gasteiger partial charge in [0.15, 0.2) is 0 Å². The Labute approximate surface area is 146 Å². The average molecular weight is 359 g/mol. The minimum Gasteiger partial charge on any atom is -0.285 e. The van der Waals surface area contributed by atoms with Crippen LogP contribution >= 0.6 is 0 Å². The van der Waals surface area contributed by atoms with Gasteiger partial charge in [-0.3, -0.25) is 8.74 Å². The second kappa shape index (κ2) is 12.9. The van der Waals surface area contributed by atoms with Crippen molar-refractivity contribution in [3.63, 3.8) is 0 Å². The Balaban J connectivity index is 1.78. The number of rotatable bonds is 14. The molecule has 1 N–H and O–H groups in total. The summed E-state index contributed by atoms with van der Waals surface area (Å²) in [4.78, 5) is 0. The number of benzene rings is 1. The first-order valence-electron chi connectivity index (χ1n) is 8.74. The van der Waals surface area contributed by atoms with E-state index in [1.807, 2.05) is 0 Å². The van der Waals surface area contributed by atoms with E-state index in [0.717, 1.165) is 12.8 Å². The molecule has 0 bridgehead atoms. The van der Waals surface area contributed by atoms with E-state index in [9.17, 15) is 4.21 Å². The molecule has 3 nitrogen and oxygen atoms in total. The smallest absolute Gasteiger partial charge is 0.266 e. The van der Waals surface area contributed by atoms with Gasteiger partial charge in [-0.2, -0.15) is 4.21 Å². The fourth-order valence-electron chi connectivity index (χ4n) is 2.65. The number of hydrogen-bond donors (Lipinski definition) is 1. The van der Waals surface area contributed by atoms with Crippen molar-refractivity contribution in [1.29, 1.82) is 0 Å². The van der Waals surface area contributed by atoms with Crippen LogP contribution in [-0.2, 0) is 30.8 Å².